The molecule has 2 heteroatoms. The van der Waals surface area contributed by atoms with Gasteiger partial charge in [0.05, 0.1) is 6.61 Å². The second kappa shape index (κ2) is 1.58. The van der Waals surface area contributed by atoms with E-state index in [9.17, 15) is 0 Å². The van der Waals surface area contributed by atoms with Gasteiger partial charge in [-0.05, 0) is 13.8 Å². The van der Waals surface area contributed by atoms with Crippen LogP contribution in [-0.4, -0.2) is 17.3 Å². The standard InChI is InChI=1S/C4H10NO/c1-4(2,5)3-6/h5-6H,3H2,1-2H3. The summed E-state index contributed by atoms with van der Waals surface area (Å²) in [6.45, 7) is 3.26. The summed E-state index contributed by atoms with van der Waals surface area (Å²) in [5.41, 5.74) is 6.28. The highest BCUT2D eigenvalue weighted by Gasteiger charge is 2.06. The van der Waals surface area contributed by atoms with Crippen LogP contribution in [0.4, 0.5) is 0 Å². The molecular weight excluding hydrogens is 78.0 g/mol. The topological polar surface area (TPSA) is 44.0 Å². The normalized spacial score (nSPS) is 12.0. The lowest BCUT2D eigenvalue weighted by Gasteiger charge is -2.10. The molecule has 6 heavy (non-hydrogen) atoms. The summed E-state index contributed by atoms with van der Waals surface area (Å²) in [6, 6.07) is 0. The minimum absolute atomic E-state index is 0.0625. The number of nitrogens with one attached hydrogen (secondary N) is 1. The van der Waals surface area contributed by atoms with Gasteiger partial charge in [0.15, 0.2) is 0 Å². The van der Waals surface area contributed by atoms with Crippen LogP contribution in [0.25, 0.3) is 0 Å². The van der Waals surface area contributed by atoms with E-state index in [-0.39, 0.29) is 6.61 Å². The van der Waals surface area contributed by atoms with Crippen molar-refractivity contribution in [2.75, 3.05) is 6.61 Å². The first-order chi connectivity index (χ1) is 2.56. The first-order valence-corrected chi connectivity index (χ1v) is 1.92. The molecule has 0 aromatic carbocycles. The van der Waals surface area contributed by atoms with Crippen molar-refractivity contribution in [2.24, 2.45) is 0 Å². The van der Waals surface area contributed by atoms with E-state index in [2.05, 4.69) is 0 Å². The molecule has 0 amide bonds. The third kappa shape index (κ3) is 3.92. The molecule has 0 aromatic rings. The lowest BCUT2D eigenvalue weighted by Crippen LogP contribution is -2.25. The largest absolute Gasteiger partial charge is 0.394 e. The number of rotatable bonds is 1. The molecule has 2 nitrogen and oxygen atoms in total. The SMILES string of the molecule is CC(C)([NH])CO. The summed E-state index contributed by atoms with van der Waals surface area (Å²) in [5.74, 6) is 0. The van der Waals surface area contributed by atoms with Gasteiger partial charge < -0.3 is 5.11 Å². The average molecular weight is 88.1 g/mol. The molecule has 37 valence electrons. The number of hydrogen-bond acceptors (Lipinski definition) is 1. The van der Waals surface area contributed by atoms with E-state index in [1.165, 1.54) is 0 Å². The van der Waals surface area contributed by atoms with Gasteiger partial charge in [0.25, 0.3) is 0 Å². The van der Waals surface area contributed by atoms with Gasteiger partial charge in [-0.2, -0.15) is 0 Å². The molecule has 0 aromatic heterocycles. The van der Waals surface area contributed by atoms with Crippen molar-refractivity contribution in [1.82, 2.24) is 5.73 Å². The Morgan fingerprint density at radius 2 is 1.83 bits per heavy atom. The zero-order valence-electron chi connectivity index (χ0n) is 4.15. The van der Waals surface area contributed by atoms with E-state index >= 15 is 0 Å². The second-order valence-corrected chi connectivity index (χ2v) is 2.04. The Balaban J connectivity index is 3.17. The van der Waals surface area contributed by atoms with Crippen molar-refractivity contribution in [1.29, 1.82) is 0 Å². The highest BCUT2D eigenvalue weighted by molar-refractivity contribution is 4.66. The molecule has 0 atom stereocenters. The van der Waals surface area contributed by atoms with Gasteiger partial charge in [-0.1, -0.05) is 0 Å². The Kier molecular flexibility index (Phi) is 1.56. The van der Waals surface area contributed by atoms with Crippen molar-refractivity contribution >= 4 is 0 Å². The third-order valence-electron chi connectivity index (χ3n) is 0.395. The maximum atomic E-state index is 8.22. The van der Waals surface area contributed by atoms with Crippen LogP contribution in [0, 0.1) is 0 Å². The summed E-state index contributed by atoms with van der Waals surface area (Å²) in [6.07, 6.45) is 0. The van der Waals surface area contributed by atoms with E-state index in [0.29, 0.717) is 0 Å². The fourth-order valence-corrected chi connectivity index (χ4v) is 0. The molecule has 0 aliphatic rings. The molecule has 0 saturated heterocycles. The van der Waals surface area contributed by atoms with Crippen molar-refractivity contribution in [3.05, 3.63) is 0 Å². The number of aliphatic hydroxyl groups is 1. The van der Waals surface area contributed by atoms with Crippen LogP contribution in [0.5, 0.6) is 0 Å². The van der Waals surface area contributed by atoms with Gasteiger partial charge in [0.2, 0.25) is 0 Å². The maximum Gasteiger partial charge on any atom is 0.0621 e. The van der Waals surface area contributed by atoms with E-state index in [4.69, 9.17) is 10.8 Å². The Morgan fingerprint density at radius 3 is 1.83 bits per heavy atom. The Morgan fingerprint density at radius 1 is 1.67 bits per heavy atom. The molecular formula is C4H10NO. The molecule has 0 rings (SSSR count). The van der Waals surface area contributed by atoms with Crippen molar-refractivity contribution in [3.8, 4) is 0 Å². The zero-order chi connectivity index (χ0) is 5.21. The first-order valence-electron chi connectivity index (χ1n) is 1.92. The molecule has 0 aliphatic heterocycles. The maximum absolute atomic E-state index is 8.22. The number of aliphatic hydroxyl groups excluding tert-OH is 1. The van der Waals surface area contributed by atoms with Gasteiger partial charge >= 0.3 is 0 Å². The predicted molar refractivity (Wildman–Crippen MR) is 24.3 cm³/mol. The highest BCUT2D eigenvalue weighted by atomic mass is 16.3. The van der Waals surface area contributed by atoms with Crippen molar-refractivity contribution in [3.63, 3.8) is 0 Å². The third-order valence-corrected chi connectivity index (χ3v) is 0.395. The van der Waals surface area contributed by atoms with Crippen LogP contribution >= 0.6 is 0 Å². The molecule has 0 unspecified atom stereocenters. The minimum atomic E-state index is -0.653. The lowest BCUT2D eigenvalue weighted by molar-refractivity contribution is 0.216. The van der Waals surface area contributed by atoms with E-state index < -0.39 is 5.54 Å². The van der Waals surface area contributed by atoms with Gasteiger partial charge in [0.1, 0.15) is 0 Å². The van der Waals surface area contributed by atoms with Crippen LogP contribution in [0.1, 0.15) is 13.8 Å². The predicted octanol–water partition coefficient (Wildman–Crippen LogP) is 0.0402. The summed E-state index contributed by atoms with van der Waals surface area (Å²) in [5, 5.41) is 8.22. The summed E-state index contributed by atoms with van der Waals surface area (Å²) < 4.78 is 0. The molecule has 0 aliphatic carbocycles. The molecule has 0 fully saturated rings. The Labute approximate surface area is 38.0 Å². The summed E-state index contributed by atoms with van der Waals surface area (Å²) >= 11 is 0. The van der Waals surface area contributed by atoms with Crippen LogP contribution in [0.2, 0.25) is 0 Å². The van der Waals surface area contributed by atoms with E-state index in [1.54, 1.807) is 13.8 Å². The van der Waals surface area contributed by atoms with Crippen molar-refractivity contribution < 1.29 is 5.11 Å². The summed E-state index contributed by atoms with van der Waals surface area (Å²) in [4.78, 5) is 0. The van der Waals surface area contributed by atoms with Crippen LogP contribution in [0.3, 0.4) is 0 Å². The average Bonchev–Trinajstić information content (AvgIpc) is 1.35. The second-order valence-electron chi connectivity index (χ2n) is 2.04. The smallest absolute Gasteiger partial charge is 0.0621 e. The Bertz CT molecular complexity index is 37.3. The minimum Gasteiger partial charge on any atom is -0.394 e. The molecule has 2 N–H and O–H groups in total. The monoisotopic (exact) mass is 88.1 g/mol. The number of hydrogen-bond donors (Lipinski definition) is 1. The zero-order valence-corrected chi connectivity index (χ0v) is 4.15. The fourth-order valence-electron chi connectivity index (χ4n) is 0. The van der Waals surface area contributed by atoms with Gasteiger partial charge in [0, 0.05) is 5.54 Å². The van der Waals surface area contributed by atoms with Gasteiger partial charge in [-0.15, -0.1) is 0 Å². The molecule has 0 heterocycles. The molecule has 0 bridgehead atoms. The quantitative estimate of drug-likeness (QED) is 0.483. The van der Waals surface area contributed by atoms with Gasteiger partial charge in [-0.25, -0.2) is 5.73 Å². The fraction of sp³-hybridized carbons (Fsp3) is 1.00. The molecule has 1 radical (unpaired) electrons. The van der Waals surface area contributed by atoms with Crippen molar-refractivity contribution in [2.45, 2.75) is 19.4 Å². The lowest BCUT2D eigenvalue weighted by atomic mass is 10.1. The first kappa shape index (κ1) is 5.92. The van der Waals surface area contributed by atoms with E-state index in [0.717, 1.165) is 0 Å². The summed E-state index contributed by atoms with van der Waals surface area (Å²) in [7, 11) is 0. The Hall–Kier alpha value is -0.0800. The molecule has 0 spiro atoms. The van der Waals surface area contributed by atoms with Crippen LogP contribution in [0.15, 0.2) is 0 Å². The van der Waals surface area contributed by atoms with Gasteiger partial charge in [-0.3, -0.25) is 0 Å². The molecule has 0 saturated carbocycles. The van der Waals surface area contributed by atoms with E-state index in [1.807, 2.05) is 0 Å². The van der Waals surface area contributed by atoms with Crippen LogP contribution in [-0.2, 0) is 0 Å². The highest BCUT2D eigenvalue weighted by Crippen LogP contribution is 1.93. The van der Waals surface area contributed by atoms with Crippen LogP contribution < -0.4 is 5.73 Å².